The van der Waals surface area contributed by atoms with Gasteiger partial charge in [-0.05, 0) is 17.2 Å². The number of ether oxygens (including phenoxy) is 1. The molecule has 9 nitrogen and oxygen atoms in total. The average molecular weight is 459 g/mol. The summed E-state index contributed by atoms with van der Waals surface area (Å²) in [6.45, 7) is -0.691. The largest absolute Gasteiger partial charge is 0.457 e. The molecule has 0 aliphatic rings. The van der Waals surface area contributed by atoms with E-state index in [1.165, 1.54) is 13.3 Å². The lowest BCUT2D eigenvalue weighted by atomic mass is 10.1. The Hall–Kier alpha value is -4.66. The van der Waals surface area contributed by atoms with E-state index in [2.05, 4.69) is 0 Å². The molecule has 0 amide bonds. The third-order valence-electron chi connectivity index (χ3n) is 5.32. The van der Waals surface area contributed by atoms with Gasteiger partial charge in [-0.3, -0.25) is 18.7 Å². The summed E-state index contributed by atoms with van der Waals surface area (Å²) in [4.78, 5) is 50.7. The number of hydrogen-bond acceptors (Lipinski definition) is 7. The van der Waals surface area contributed by atoms with Gasteiger partial charge in [-0.15, -0.1) is 0 Å². The minimum absolute atomic E-state index is 0.0620. The Kier molecular flexibility index (Phi) is 6.26. The number of esters is 1. The molecule has 0 fully saturated rings. The number of ketones is 1. The molecule has 2 aromatic carbocycles. The van der Waals surface area contributed by atoms with Crippen molar-refractivity contribution in [3.63, 3.8) is 0 Å². The van der Waals surface area contributed by atoms with Crippen LogP contribution in [0.5, 0.6) is 0 Å². The van der Waals surface area contributed by atoms with Gasteiger partial charge in [0.2, 0.25) is 11.5 Å². The first-order chi connectivity index (χ1) is 16.4. The highest BCUT2D eigenvalue weighted by atomic mass is 16.5. The zero-order chi connectivity index (χ0) is 24.2. The second kappa shape index (κ2) is 9.45. The summed E-state index contributed by atoms with van der Waals surface area (Å²) >= 11 is 0. The van der Waals surface area contributed by atoms with Crippen molar-refractivity contribution < 1.29 is 18.7 Å². The quantitative estimate of drug-likeness (QED) is 0.332. The Balaban J connectivity index is 1.58. The first kappa shape index (κ1) is 22.5. The third-order valence-corrected chi connectivity index (χ3v) is 5.32. The molecule has 0 unspecified atom stereocenters. The number of benzene rings is 2. The maximum atomic E-state index is 12.9. The van der Waals surface area contributed by atoms with Gasteiger partial charge in [0.15, 0.2) is 6.61 Å². The maximum absolute atomic E-state index is 12.9. The molecule has 2 heterocycles. The SMILES string of the molecule is Cn1c(=O)c(C(=O)COC(=O)c2occc2-c2ccccc2)c(N)n(Cc2ccccc2)c1=O. The van der Waals surface area contributed by atoms with E-state index in [0.29, 0.717) is 5.56 Å². The van der Waals surface area contributed by atoms with Crippen molar-refractivity contribution in [3.8, 4) is 11.1 Å². The van der Waals surface area contributed by atoms with E-state index < -0.39 is 35.2 Å². The molecule has 0 aliphatic carbocycles. The summed E-state index contributed by atoms with van der Waals surface area (Å²) < 4.78 is 12.3. The van der Waals surface area contributed by atoms with Crippen molar-refractivity contribution in [3.05, 3.63) is 111 Å². The number of Topliss-reactive ketones (excluding diaryl/α,β-unsaturated/α-hetero) is 1. The number of aromatic nitrogens is 2. The van der Waals surface area contributed by atoms with Crippen molar-refractivity contribution in [2.75, 3.05) is 12.3 Å². The topological polar surface area (TPSA) is 127 Å². The highest BCUT2D eigenvalue weighted by Gasteiger charge is 2.24. The lowest BCUT2D eigenvalue weighted by Gasteiger charge is -2.14. The molecular weight excluding hydrogens is 438 g/mol. The van der Waals surface area contributed by atoms with Gasteiger partial charge in [0, 0.05) is 12.6 Å². The predicted octanol–water partition coefficient (Wildman–Crippen LogP) is 2.48. The molecule has 0 bridgehead atoms. The van der Waals surface area contributed by atoms with Crippen LogP contribution in [0.1, 0.15) is 26.5 Å². The number of nitrogen functional groups attached to an aromatic ring is 1. The Morgan fingerprint density at radius 3 is 2.29 bits per heavy atom. The summed E-state index contributed by atoms with van der Waals surface area (Å²) in [5.74, 6) is -2.07. The van der Waals surface area contributed by atoms with Crippen molar-refractivity contribution in [1.82, 2.24) is 9.13 Å². The molecular formula is C25H21N3O6. The minimum Gasteiger partial charge on any atom is -0.457 e. The number of hydrogen-bond donors (Lipinski definition) is 1. The van der Waals surface area contributed by atoms with Gasteiger partial charge in [0.05, 0.1) is 12.8 Å². The third kappa shape index (κ3) is 4.31. The summed E-state index contributed by atoms with van der Waals surface area (Å²) in [6.07, 6.45) is 1.34. The Morgan fingerprint density at radius 1 is 0.971 bits per heavy atom. The second-order valence-electron chi connectivity index (χ2n) is 7.51. The average Bonchev–Trinajstić information content (AvgIpc) is 3.35. The maximum Gasteiger partial charge on any atom is 0.375 e. The summed E-state index contributed by atoms with van der Waals surface area (Å²) in [5, 5.41) is 0. The zero-order valence-corrected chi connectivity index (χ0v) is 18.3. The lowest BCUT2D eigenvalue weighted by Crippen LogP contribution is -2.43. The molecule has 0 spiro atoms. The van der Waals surface area contributed by atoms with E-state index in [0.717, 1.165) is 20.3 Å². The standard InChI is InChI=1S/C25H21N3O6/c1-27-23(30)20(22(26)28(25(27)32)14-16-8-4-2-5-9-16)19(29)15-34-24(31)21-18(12-13-33-21)17-10-6-3-7-11-17/h2-13H,14-15,26H2,1H3. The van der Waals surface area contributed by atoms with Gasteiger partial charge in [-0.25, -0.2) is 9.59 Å². The van der Waals surface area contributed by atoms with Crippen LogP contribution in [0, 0.1) is 0 Å². The minimum atomic E-state index is -0.870. The summed E-state index contributed by atoms with van der Waals surface area (Å²) in [7, 11) is 1.25. The van der Waals surface area contributed by atoms with Crippen LogP contribution in [-0.4, -0.2) is 27.5 Å². The van der Waals surface area contributed by atoms with E-state index in [1.54, 1.807) is 42.5 Å². The van der Waals surface area contributed by atoms with Crippen LogP contribution < -0.4 is 17.0 Å². The number of rotatable bonds is 7. The van der Waals surface area contributed by atoms with Crippen molar-refractivity contribution in [2.45, 2.75) is 6.54 Å². The smallest absolute Gasteiger partial charge is 0.375 e. The van der Waals surface area contributed by atoms with Gasteiger partial charge in [0.25, 0.3) is 5.56 Å². The number of nitrogens with two attached hydrogens (primary N) is 1. The van der Waals surface area contributed by atoms with Crippen molar-refractivity contribution >= 4 is 17.6 Å². The molecule has 0 radical (unpaired) electrons. The first-order valence-electron chi connectivity index (χ1n) is 10.3. The van der Waals surface area contributed by atoms with E-state index in [9.17, 15) is 19.2 Å². The highest BCUT2D eigenvalue weighted by molar-refractivity contribution is 6.02. The Bertz CT molecular complexity index is 1470. The summed E-state index contributed by atoms with van der Waals surface area (Å²) in [5.41, 5.74) is 6.12. The van der Waals surface area contributed by atoms with E-state index >= 15 is 0 Å². The fourth-order valence-electron chi connectivity index (χ4n) is 3.55. The Labute approximate surface area is 193 Å². The van der Waals surface area contributed by atoms with Gasteiger partial charge >= 0.3 is 11.7 Å². The van der Waals surface area contributed by atoms with E-state index in [1.807, 2.05) is 24.3 Å². The van der Waals surface area contributed by atoms with Crippen LogP contribution in [-0.2, 0) is 18.3 Å². The van der Waals surface area contributed by atoms with Crippen molar-refractivity contribution in [1.29, 1.82) is 0 Å². The fourth-order valence-corrected chi connectivity index (χ4v) is 3.55. The molecule has 34 heavy (non-hydrogen) atoms. The fraction of sp³-hybridized carbons (Fsp3) is 0.120. The number of anilines is 1. The first-order valence-corrected chi connectivity index (χ1v) is 10.3. The number of carbonyl (C=O) groups excluding carboxylic acids is 2. The molecule has 9 heteroatoms. The molecule has 0 aliphatic heterocycles. The zero-order valence-electron chi connectivity index (χ0n) is 18.3. The molecule has 2 N–H and O–H groups in total. The summed E-state index contributed by atoms with van der Waals surface area (Å²) in [6, 6.07) is 19.6. The second-order valence-corrected chi connectivity index (χ2v) is 7.51. The van der Waals surface area contributed by atoms with Gasteiger partial charge in [0.1, 0.15) is 11.4 Å². The molecule has 4 rings (SSSR count). The molecule has 0 atom stereocenters. The van der Waals surface area contributed by atoms with Crippen LogP contribution in [0.3, 0.4) is 0 Å². The van der Waals surface area contributed by atoms with Crippen LogP contribution in [0.25, 0.3) is 11.1 Å². The lowest BCUT2D eigenvalue weighted by molar-refractivity contribution is 0.0444. The molecule has 0 saturated carbocycles. The van der Waals surface area contributed by atoms with Gasteiger partial charge < -0.3 is 14.9 Å². The van der Waals surface area contributed by atoms with Gasteiger partial charge in [-0.2, -0.15) is 0 Å². The molecule has 0 saturated heterocycles. The molecule has 2 aromatic heterocycles. The molecule has 172 valence electrons. The van der Waals surface area contributed by atoms with Crippen LogP contribution >= 0.6 is 0 Å². The van der Waals surface area contributed by atoms with Crippen LogP contribution in [0.15, 0.2) is 87.0 Å². The number of nitrogens with zero attached hydrogens (tertiary/aromatic N) is 2. The Morgan fingerprint density at radius 2 is 1.62 bits per heavy atom. The number of carbonyl (C=O) groups is 2. The normalized spacial score (nSPS) is 10.7. The highest BCUT2D eigenvalue weighted by Crippen LogP contribution is 2.25. The number of furan rings is 1. The monoisotopic (exact) mass is 459 g/mol. The predicted molar refractivity (Wildman–Crippen MR) is 125 cm³/mol. The van der Waals surface area contributed by atoms with Crippen LogP contribution in [0.2, 0.25) is 0 Å². The van der Waals surface area contributed by atoms with E-state index in [4.69, 9.17) is 14.9 Å². The van der Waals surface area contributed by atoms with E-state index in [-0.39, 0.29) is 18.1 Å². The molecule has 4 aromatic rings. The van der Waals surface area contributed by atoms with Gasteiger partial charge in [-0.1, -0.05) is 60.7 Å². The van der Waals surface area contributed by atoms with Crippen LogP contribution in [0.4, 0.5) is 5.82 Å². The van der Waals surface area contributed by atoms with Crippen molar-refractivity contribution in [2.24, 2.45) is 7.05 Å².